The molecule has 0 amide bonds. The van der Waals surface area contributed by atoms with Gasteiger partial charge in [-0.2, -0.15) is 0 Å². The number of ether oxygens (including phenoxy) is 1. The second-order valence-corrected chi connectivity index (χ2v) is 7.39. The molecule has 0 fully saturated rings. The Morgan fingerprint density at radius 1 is 1.11 bits per heavy atom. The van der Waals surface area contributed by atoms with Crippen LogP contribution in [0, 0.1) is 0 Å². The Kier molecular flexibility index (Phi) is 5.14. The van der Waals surface area contributed by atoms with Crippen LogP contribution in [-0.2, 0) is 17.8 Å². The van der Waals surface area contributed by atoms with E-state index in [1.807, 2.05) is 30.3 Å². The third-order valence-electron chi connectivity index (χ3n) is 5.45. The van der Waals surface area contributed by atoms with Gasteiger partial charge in [-0.15, -0.1) is 0 Å². The van der Waals surface area contributed by atoms with Crippen LogP contribution in [0.1, 0.15) is 54.8 Å². The van der Waals surface area contributed by atoms with Crippen molar-refractivity contribution in [1.82, 2.24) is 4.98 Å². The third-order valence-corrected chi connectivity index (χ3v) is 5.45. The Labute approximate surface area is 159 Å². The van der Waals surface area contributed by atoms with Gasteiger partial charge >= 0.3 is 5.97 Å². The number of carboxylic acid groups (broad SMARTS) is 1. The van der Waals surface area contributed by atoms with Crippen LogP contribution in [0.4, 0.5) is 0 Å². The van der Waals surface area contributed by atoms with Gasteiger partial charge < -0.3 is 14.8 Å². The largest absolute Gasteiger partial charge is 0.489 e. The molecule has 2 N–H and O–H groups in total. The highest BCUT2D eigenvalue weighted by atomic mass is 16.5. The predicted octanol–water partition coefficient (Wildman–Crippen LogP) is 5.42. The molecular weight excluding hydrogens is 338 g/mol. The number of rotatable bonds is 5. The number of aromatic nitrogens is 1. The lowest BCUT2D eigenvalue weighted by Gasteiger charge is -2.19. The van der Waals surface area contributed by atoms with Crippen LogP contribution in [0.5, 0.6) is 5.75 Å². The summed E-state index contributed by atoms with van der Waals surface area (Å²) in [4.78, 5) is 14.9. The van der Waals surface area contributed by atoms with Gasteiger partial charge in [0.2, 0.25) is 0 Å². The quantitative estimate of drug-likeness (QED) is 0.636. The van der Waals surface area contributed by atoms with Crippen LogP contribution in [0.15, 0.2) is 48.5 Å². The van der Waals surface area contributed by atoms with Gasteiger partial charge in [-0.05, 0) is 48.4 Å². The van der Waals surface area contributed by atoms with Crippen molar-refractivity contribution in [2.45, 2.75) is 51.0 Å². The number of aromatic amines is 1. The van der Waals surface area contributed by atoms with Gasteiger partial charge in [-0.3, -0.25) is 4.79 Å². The summed E-state index contributed by atoms with van der Waals surface area (Å²) in [6, 6.07) is 16.2. The number of aryl methyl sites for hydroxylation is 1. The van der Waals surface area contributed by atoms with Gasteiger partial charge in [0.15, 0.2) is 0 Å². The van der Waals surface area contributed by atoms with E-state index in [9.17, 15) is 9.90 Å². The second kappa shape index (κ2) is 7.87. The fraction of sp³-hybridized carbons (Fsp3) is 0.348. The Hall–Kier alpha value is -2.75. The average Bonchev–Trinajstić information content (AvgIpc) is 3.00. The Morgan fingerprint density at radius 2 is 1.96 bits per heavy atom. The van der Waals surface area contributed by atoms with Crippen molar-refractivity contribution in [1.29, 1.82) is 0 Å². The number of fused-ring (bicyclic) bond motifs is 3. The summed E-state index contributed by atoms with van der Waals surface area (Å²) in [5, 5.41) is 10.5. The molecule has 0 aliphatic heterocycles. The molecule has 4 heteroatoms. The van der Waals surface area contributed by atoms with Crippen LogP contribution in [0.25, 0.3) is 10.9 Å². The smallest absolute Gasteiger partial charge is 0.303 e. The van der Waals surface area contributed by atoms with E-state index in [1.165, 1.54) is 11.3 Å². The Morgan fingerprint density at radius 3 is 2.78 bits per heavy atom. The molecule has 0 saturated heterocycles. The maximum Gasteiger partial charge on any atom is 0.303 e. The number of carboxylic acids is 1. The molecule has 1 aliphatic rings. The van der Waals surface area contributed by atoms with Gasteiger partial charge in [-0.25, -0.2) is 0 Å². The summed E-state index contributed by atoms with van der Waals surface area (Å²) in [6.07, 6.45) is 5.54. The normalized spacial score (nSPS) is 17.1. The first-order valence-corrected chi connectivity index (χ1v) is 9.74. The first-order valence-electron chi connectivity index (χ1n) is 9.74. The summed E-state index contributed by atoms with van der Waals surface area (Å²) in [5.41, 5.74) is 4.60. The SMILES string of the molecule is O=C(O)CC1CCCCCc2[nH]c3cc(OCc4ccccc4)ccc3c21. The lowest BCUT2D eigenvalue weighted by Crippen LogP contribution is -2.10. The lowest BCUT2D eigenvalue weighted by molar-refractivity contribution is -0.137. The summed E-state index contributed by atoms with van der Waals surface area (Å²) >= 11 is 0. The predicted molar refractivity (Wildman–Crippen MR) is 106 cm³/mol. The van der Waals surface area contributed by atoms with Gasteiger partial charge in [0.25, 0.3) is 0 Å². The summed E-state index contributed by atoms with van der Waals surface area (Å²) in [5.74, 6) is 0.196. The van der Waals surface area contributed by atoms with E-state index in [0.29, 0.717) is 6.61 Å². The number of hydrogen-bond acceptors (Lipinski definition) is 2. The van der Waals surface area contributed by atoms with E-state index in [-0.39, 0.29) is 12.3 Å². The molecule has 1 aromatic heterocycles. The zero-order valence-corrected chi connectivity index (χ0v) is 15.4. The topological polar surface area (TPSA) is 62.3 Å². The van der Waals surface area contributed by atoms with E-state index in [1.54, 1.807) is 0 Å². The molecule has 2 aromatic carbocycles. The van der Waals surface area contributed by atoms with Gasteiger partial charge in [-0.1, -0.05) is 43.2 Å². The molecule has 0 spiro atoms. The van der Waals surface area contributed by atoms with Gasteiger partial charge in [0.05, 0.1) is 6.42 Å². The highest BCUT2D eigenvalue weighted by molar-refractivity contribution is 5.87. The molecule has 1 aliphatic carbocycles. The minimum Gasteiger partial charge on any atom is -0.489 e. The fourth-order valence-electron chi connectivity index (χ4n) is 4.18. The minimum atomic E-state index is -0.719. The van der Waals surface area contributed by atoms with Crippen LogP contribution >= 0.6 is 0 Å². The molecule has 0 saturated carbocycles. The number of nitrogens with one attached hydrogen (secondary N) is 1. The van der Waals surface area contributed by atoms with E-state index < -0.39 is 5.97 Å². The van der Waals surface area contributed by atoms with Crippen molar-refractivity contribution < 1.29 is 14.6 Å². The third kappa shape index (κ3) is 4.00. The Balaban J connectivity index is 1.63. The van der Waals surface area contributed by atoms with Crippen molar-refractivity contribution in [2.75, 3.05) is 0 Å². The van der Waals surface area contributed by atoms with Crippen LogP contribution < -0.4 is 4.74 Å². The molecular formula is C23H25NO3. The summed E-state index contributed by atoms with van der Waals surface area (Å²) in [6.45, 7) is 0.536. The molecule has 4 rings (SSSR count). The minimum absolute atomic E-state index is 0.0858. The Bertz CT molecular complexity index is 929. The lowest BCUT2D eigenvalue weighted by atomic mass is 9.85. The molecule has 4 nitrogen and oxygen atoms in total. The van der Waals surface area contributed by atoms with Crippen molar-refractivity contribution >= 4 is 16.9 Å². The molecule has 0 radical (unpaired) electrons. The van der Waals surface area contributed by atoms with E-state index in [4.69, 9.17) is 4.74 Å². The van der Waals surface area contributed by atoms with Crippen molar-refractivity contribution in [3.8, 4) is 5.75 Å². The van der Waals surface area contributed by atoms with Crippen molar-refractivity contribution in [3.63, 3.8) is 0 Å². The van der Waals surface area contributed by atoms with Crippen LogP contribution in [0.3, 0.4) is 0 Å². The maximum atomic E-state index is 11.4. The molecule has 27 heavy (non-hydrogen) atoms. The summed E-state index contributed by atoms with van der Waals surface area (Å²) in [7, 11) is 0. The monoisotopic (exact) mass is 363 g/mol. The number of carbonyl (C=O) groups is 1. The number of benzene rings is 2. The van der Waals surface area contributed by atoms with E-state index in [2.05, 4.69) is 23.2 Å². The highest BCUT2D eigenvalue weighted by Crippen LogP contribution is 2.38. The molecule has 140 valence electrons. The molecule has 1 unspecified atom stereocenters. The van der Waals surface area contributed by atoms with Crippen molar-refractivity contribution in [3.05, 3.63) is 65.4 Å². The number of hydrogen-bond donors (Lipinski definition) is 2. The first kappa shape index (κ1) is 17.7. The standard InChI is InChI=1S/C23H25NO3/c25-22(26)13-17-9-5-2-6-10-20-23(17)19-12-11-18(14-21(19)24-20)27-15-16-7-3-1-4-8-16/h1,3-4,7-8,11-12,14,17,24H,2,5-6,9-10,13,15H2,(H,25,26). The number of H-pyrrole nitrogens is 1. The van der Waals surface area contributed by atoms with Crippen LogP contribution in [0.2, 0.25) is 0 Å². The summed E-state index contributed by atoms with van der Waals surface area (Å²) < 4.78 is 5.96. The van der Waals surface area contributed by atoms with Crippen molar-refractivity contribution in [2.24, 2.45) is 0 Å². The zero-order chi connectivity index (χ0) is 18.6. The molecule has 3 aromatic rings. The average molecular weight is 363 g/mol. The molecule has 1 heterocycles. The number of aliphatic carboxylic acids is 1. The van der Waals surface area contributed by atoms with Gasteiger partial charge in [0.1, 0.15) is 12.4 Å². The van der Waals surface area contributed by atoms with Gasteiger partial charge in [0, 0.05) is 22.7 Å². The zero-order valence-electron chi connectivity index (χ0n) is 15.4. The molecule has 1 atom stereocenters. The fourth-order valence-corrected chi connectivity index (χ4v) is 4.18. The van der Waals surface area contributed by atoms with Crippen LogP contribution in [-0.4, -0.2) is 16.1 Å². The van der Waals surface area contributed by atoms with E-state index in [0.717, 1.165) is 54.3 Å². The maximum absolute atomic E-state index is 11.4. The second-order valence-electron chi connectivity index (χ2n) is 7.39. The molecule has 0 bridgehead atoms. The highest BCUT2D eigenvalue weighted by Gasteiger charge is 2.24. The first-order chi connectivity index (χ1) is 13.2. The van der Waals surface area contributed by atoms with E-state index >= 15 is 0 Å².